The monoisotopic (exact) mass is 410 g/mol. The number of carbonyl (C=O) groups excluding carboxylic acids is 1. The lowest BCUT2D eigenvalue weighted by Gasteiger charge is -2.10. The van der Waals surface area contributed by atoms with Gasteiger partial charge >= 0.3 is 5.97 Å². The fourth-order valence-corrected chi connectivity index (χ4v) is 2.79. The Morgan fingerprint density at radius 3 is 2.67 bits per heavy atom. The molecule has 1 heterocycles. The number of hydrogen-bond acceptors (Lipinski definition) is 7. The van der Waals surface area contributed by atoms with Crippen molar-refractivity contribution >= 4 is 29.1 Å². The number of halogens is 1. The first-order valence-corrected chi connectivity index (χ1v) is 9.63. The molecule has 0 bridgehead atoms. The summed E-state index contributed by atoms with van der Waals surface area (Å²) in [4.78, 5) is 19.5. The molecular formula is C22H23FN4O3. The minimum atomic E-state index is -0.588. The van der Waals surface area contributed by atoms with Crippen LogP contribution >= 0.6 is 0 Å². The number of carbonyl (C=O) groups is 1. The summed E-state index contributed by atoms with van der Waals surface area (Å²) in [6.45, 7) is 2.18. The van der Waals surface area contributed by atoms with Gasteiger partial charge in [0.05, 0.1) is 12.8 Å². The molecule has 156 valence electrons. The number of ether oxygens (including phenoxy) is 1. The van der Waals surface area contributed by atoms with Gasteiger partial charge in [0.1, 0.15) is 5.75 Å². The second kappa shape index (κ2) is 10.2. The minimum Gasteiger partial charge on any atom is -0.508 e. The van der Waals surface area contributed by atoms with Crippen LogP contribution in [0.4, 0.5) is 27.5 Å². The molecule has 0 aliphatic rings. The van der Waals surface area contributed by atoms with E-state index in [0.29, 0.717) is 30.8 Å². The fourth-order valence-electron chi connectivity index (χ4n) is 2.79. The Bertz CT molecular complexity index is 996. The Morgan fingerprint density at radius 2 is 1.93 bits per heavy atom. The average Bonchev–Trinajstić information content (AvgIpc) is 2.72. The van der Waals surface area contributed by atoms with E-state index in [2.05, 4.69) is 20.6 Å². The molecule has 0 unspecified atom stereocenters. The molecule has 30 heavy (non-hydrogen) atoms. The molecule has 8 heteroatoms. The first-order valence-electron chi connectivity index (χ1n) is 9.63. The van der Waals surface area contributed by atoms with Crippen LogP contribution in [0.15, 0.2) is 54.7 Å². The Morgan fingerprint density at radius 1 is 1.13 bits per heavy atom. The zero-order valence-corrected chi connectivity index (χ0v) is 16.6. The van der Waals surface area contributed by atoms with E-state index in [1.807, 2.05) is 24.3 Å². The summed E-state index contributed by atoms with van der Waals surface area (Å²) in [7, 11) is 0. The predicted octanol–water partition coefficient (Wildman–Crippen LogP) is 4.69. The van der Waals surface area contributed by atoms with Gasteiger partial charge in [-0.2, -0.15) is 4.98 Å². The van der Waals surface area contributed by atoms with E-state index in [1.165, 1.54) is 6.07 Å². The molecular weight excluding hydrogens is 387 g/mol. The SMILES string of the molecule is CCOC(=O)CCCc1ccc(Nc2nc(Nc3cccc(O)c3)ncc2F)cc1. The normalized spacial score (nSPS) is 10.5. The van der Waals surface area contributed by atoms with Crippen LogP contribution < -0.4 is 10.6 Å². The van der Waals surface area contributed by atoms with Gasteiger partial charge in [0.15, 0.2) is 11.6 Å². The van der Waals surface area contributed by atoms with Crippen LogP contribution in [0.2, 0.25) is 0 Å². The van der Waals surface area contributed by atoms with Gasteiger partial charge in [-0.25, -0.2) is 9.37 Å². The largest absolute Gasteiger partial charge is 0.508 e. The summed E-state index contributed by atoms with van der Waals surface area (Å²) in [5, 5.41) is 15.4. The van der Waals surface area contributed by atoms with Gasteiger partial charge in [-0.1, -0.05) is 18.2 Å². The molecule has 0 aliphatic heterocycles. The Balaban J connectivity index is 1.61. The van der Waals surface area contributed by atoms with Crippen molar-refractivity contribution in [3.8, 4) is 5.75 Å². The van der Waals surface area contributed by atoms with Crippen molar-refractivity contribution in [2.45, 2.75) is 26.2 Å². The van der Waals surface area contributed by atoms with Crippen molar-refractivity contribution < 1.29 is 19.0 Å². The molecule has 3 rings (SSSR count). The summed E-state index contributed by atoms with van der Waals surface area (Å²) in [6, 6.07) is 13.9. The molecule has 0 saturated carbocycles. The highest BCUT2D eigenvalue weighted by Gasteiger charge is 2.09. The maximum atomic E-state index is 14.1. The van der Waals surface area contributed by atoms with Gasteiger partial charge in [-0.3, -0.25) is 4.79 Å². The number of nitrogens with zero attached hydrogens (tertiary/aromatic N) is 2. The number of aromatic hydroxyl groups is 1. The Labute approximate surface area is 174 Å². The van der Waals surface area contributed by atoms with Crippen LogP contribution in [0.25, 0.3) is 0 Å². The van der Waals surface area contributed by atoms with E-state index in [0.717, 1.165) is 18.2 Å². The van der Waals surface area contributed by atoms with Crippen LogP contribution in [-0.2, 0) is 16.0 Å². The van der Waals surface area contributed by atoms with E-state index in [1.54, 1.807) is 25.1 Å². The number of aromatic nitrogens is 2. The third-order valence-electron chi connectivity index (χ3n) is 4.21. The lowest BCUT2D eigenvalue weighted by atomic mass is 10.1. The molecule has 7 nitrogen and oxygen atoms in total. The molecule has 0 aliphatic carbocycles. The summed E-state index contributed by atoms with van der Waals surface area (Å²) >= 11 is 0. The van der Waals surface area contributed by atoms with E-state index in [-0.39, 0.29) is 23.5 Å². The van der Waals surface area contributed by atoms with Gasteiger partial charge in [-0.05, 0) is 49.6 Å². The van der Waals surface area contributed by atoms with Crippen LogP contribution in [0, 0.1) is 5.82 Å². The van der Waals surface area contributed by atoms with Gasteiger partial charge in [0, 0.05) is 23.9 Å². The highest BCUT2D eigenvalue weighted by molar-refractivity contribution is 5.69. The number of phenolic OH excluding ortho intramolecular Hbond substituents is 1. The topological polar surface area (TPSA) is 96.4 Å². The quantitative estimate of drug-likeness (QED) is 0.440. The summed E-state index contributed by atoms with van der Waals surface area (Å²) in [5.41, 5.74) is 2.32. The molecule has 3 N–H and O–H groups in total. The van der Waals surface area contributed by atoms with Crippen LogP contribution in [0.5, 0.6) is 5.75 Å². The third kappa shape index (κ3) is 6.16. The van der Waals surface area contributed by atoms with Gasteiger partial charge < -0.3 is 20.5 Å². The predicted molar refractivity (Wildman–Crippen MR) is 113 cm³/mol. The smallest absolute Gasteiger partial charge is 0.305 e. The van der Waals surface area contributed by atoms with Crippen LogP contribution in [0.1, 0.15) is 25.3 Å². The second-order valence-corrected chi connectivity index (χ2v) is 6.55. The average molecular weight is 410 g/mol. The summed E-state index contributed by atoms with van der Waals surface area (Å²) in [6.07, 6.45) is 2.91. The maximum Gasteiger partial charge on any atom is 0.305 e. The Kier molecular flexibility index (Phi) is 7.15. The number of anilines is 4. The zero-order chi connectivity index (χ0) is 21.3. The highest BCUT2D eigenvalue weighted by atomic mass is 19.1. The van der Waals surface area contributed by atoms with Gasteiger partial charge in [-0.15, -0.1) is 0 Å². The number of benzene rings is 2. The molecule has 0 atom stereocenters. The molecule has 3 aromatic rings. The number of aryl methyl sites for hydroxylation is 1. The van der Waals surface area contributed by atoms with Crippen LogP contribution in [0.3, 0.4) is 0 Å². The molecule has 2 aromatic carbocycles. The van der Waals surface area contributed by atoms with Crippen LogP contribution in [-0.4, -0.2) is 27.7 Å². The van der Waals surface area contributed by atoms with Crippen molar-refractivity contribution in [2.75, 3.05) is 17.2 Å². The molecule has 0 amide bonds. The lowest BCUT2D eigenvalue weighted by molar-refractivity contribution is -0.143. The van der Waals surface area contributed by atoms with Crippen molar-refractivity contribution in [3.63, 3.8) is 0 Å². The first kappa shape index (κ1) is 21.0. The molecule has 0 spiro atoms. The lowest BCUT2D eigenvalue weighted by Crippen LogP contribution is -2.04. The fraction of sp³-hybridized carbons (Fsp3) is 0.227. The summed E-state index contributed by atoms with van der Waals surface area (Å²) in [5.74, 6) is -0.453. The van der Waals surface area contributed by atoms with Crippen molar-refractivity contribution in [1.82, 2.24) is 9.97 Å². The van der Waals surface area contributed by atoms with Crippen molar-refractivity contribution in [1.29, 1.82) is 0 Å². The molecule has 0 radical (unpaired) electrons. The van der Waals surface area contributed by atoms with E-state index in [9.17, 15) is 14.3 Å². The van der Waals surface area contributed by atoms with Gasteiger partial charge in [0.2, 0.25) is 5.95 Å². The number of nitrogens with one attached hydrogen (secondary N) is 2. The van der Waals surface area contributed by atoms with E-state index >= 15 is 0 Å². The maximum absolute atomic E-state index is 14.1. The number of rotatable bonds is 9. The first-order chi connectivity index (χ1) is 14.5. The van der Waals surface area contributed by atoms with Crippen molar-refractivity contribution in [3.05, 3.63) is 66.1 Å². The molecule has 0 fully saturated rings. The highest BCUT2D eigenvalue weighted by Crippen LogP contribution is 2.22. The standard InChI is InChI=1S/C22H23FN4O3/c1-2-30-20(29)8-3-5-15-9-11-16(12-10-15)25-21-19(23)14-24-22(27-21)26-17-6-4-7-18(28)13-17/h4,6-7,9-14,28H,2-3,5,8H2,1H3,(H2,24,25,26,27). The molecule has 0 saturated heterocycles. The Hall–Kier alpha value is -3.68. The molecule has 1 aromatic heterocycles. The summed E-state index contributed by atoms with van der Waals surface area (Å²) < 4.78 is 19.1. The van der Waals surface area contributed by atoms with E-state index in [4.69, 9.17) is 4.74 Å². The minimum absolute atomic E-state index is 0.0303. The number of phenols is 1. The number of hydrogen-bond donors (Lipinski definition) is 3. The zero-order valence-electron chi connectivity index (χ0n) is 16.6. The van der Waals surface area contributed by atoms with Gasteiger partial charge in [0.25, 0.3) is 0 Å². The second-order valence-electron chi connectivity index (χ2n) is 6.55. The van der Waals surface area contributed by atoms with E-state index < -0.39 is 5.82 Å². The van der Waals surface area contributed by atoms with Crippen molar-refractivity contribution in [2.24, 2.45) is 0 Å². The number of esters is 1. The third-order valence-corrected chi connectivity index (χ3v) is 4.21.